The van der Waals surface area contributed by atoms with Crippen LogP contribution >= 0.6 is 0 Å². The molecule has 0 N–H and O–H groups in total. The zero-order valence-electron chi connectivity index (χ0n) is 12.3. The molecule has 0 unspecified atom stereocenters. The first-order valence-electron chi connectivity index (χ1n) is 8.02. The average molecular weight is 273 g/mol. The fraction of sp³-hybridized carbons (Fsp3) is 0.706. The molecule has 0 bridgehead atoms. The van der Waals surface area contributed by atoms with E-state index in [2.05, 4.69) is 30.9 Å². The molecule has 0 radical (unpaired) electrons. The Kier molecular flexibility index (Phi) is 2.73. The molecule has 3 saturated carbocycles. The Morgan fingerprint density at radius 2 is 1.95 bits per heavy atom. The predicted molar refractivity (Wildman–Crippen MR) is 76.1 cm³/mol. The largest absolute Gasteiger partial charge is 0.464 e. The van der Waals surface area contributed by atoms with Gasteiger partial charge >= 0.3 is 0 Å². The standard InChI is InChI=1S/C17H23NO2/c1-10-7-14(10)16-6-5-13(20-16)9-18(12-3-4-12)17(19)15-8-11(15)2/h5-6,10-12,14-15H,3-4,7-9H2,1-2H3/t10-,11-,14+,15+/m1/s1. The number of furan rings is 1. The summed E-state index contributed by atoms with van der Waals surface area (Å²) < 4.78 is 5.97. The highest BCUT2D eigenvalue weighted by atomic mass is 16.3. The summed E-state index contributed by atoms with van der Waals surface area (Å²) in [7, 11) is 0. The summed E-state index contributed by atoms with van der Waals surface area (Å²) in [5, 5.41) is 0. The number of hydrogen-bond donors (Lipinski definition) is 0. The second-order valence-corrected chi connectivity index (χ2v) is 7.14. The minimum Gasteiger partial charge on any atom is -0.464 e. The van der Waals surface area contributed by atoms with Crippen LogP contribution in [0.2, 0.25) is 0 Å². The van der Waals surface area contributed by atoms with E-state index in [1.807, 2.05) is 0 Å². The van der Waals surface area contributed by atoms with Crippen molar-refractivity contribution >= 4 is 5.91 Å². The first-order valence-corrected chi connectivity index (χ1v) is 8.02. The monoisotopic (exact) mass is 273 g/mol. The normalized spacial score (nSPS) is 34.9. The first kappa shape index (κ1) is 12.5. The van der Waals surface area contributed by atoms with Gasteiger partial charge in [-0.3, -0.25) is 4.79 Å². The van der Waals surface area contributed by atoms with Crippen LogP contribution in [0, 0.1) is 17.8 Å². The van der Waals surface area contributed by atoms with Gasteiger partial charge in [0.15, 0.2) is 0 Å². The highest BCUT2D eigenvalue weighted by Gasteiger charge is 2.45. The van der Waals surface area contributed by atoms with E-state index in [4.69, 9.17) is 4.42 Å². The molecule has 3 nitrogen and oxygen atoms in total. The maximum Gasteiger partial charge on any atom is 0.226 e. The summed E-state index contributed by atoms with van der Waals surface area (Å²) in [6.07, 6.45) is 4.66. The van der Waals surface area contributed by atoms with Crippen LogP contribution in [0.4, 0.5) is 0 Å². The van der Waals surface area contributed by atoms with Gasteiger partial charge in [0, 0.05) is 17.9 Å². The van der Waals surface area contributed by atoms with Gasteiger partial charge in [-0.2, -0.15) is 0 Å². The smallest absolute Gasteiger partial charge is 0.226 e. The quantitative estimate of drug-likeness (QED) is 0.822. The Morgan fingerprint density at radius 1 is 1.25 bits per heavy atom. The van der Waals surface area contributed by atoms with Gasteiger partial charge in [-0.15, -0.1) is 0 Å². The van der Waals surface area contributed by atoms with Crippen LogP contribution in [0.1, 0.15) is 57.0 Å². The third kappa shape index (κ3) is 2.27. The summed E-state index contributed by atoms with van der Waals surface area (Å²) in [5.74, 6) is 4.71. The Hall–Kier alpha value is -1.25. The van der Waals surface area contributed by atoms with Gasteiger partial charge in [0.05, 0.1) is 6.54 Å². The van der Waals surface area contributed by atoms with Crippen LogP contribution in [0.5, 0.6) is 0 Å². The lowest BCUT2D eigenvalue weighted by molar-refractivity contribution is -0.134. The highest BCUT2D eigenvalue weighted by molar-refractivity contribution is 5.82. The number of carbonyl (C=O) groups is 1. The molecule has 0 saturated heterocycles. The number of hydrogen-bond acceptors (Lipinski definition) is 2. The Bertz CT molecular complexity index is 531. The average Bonchev–Trinajstić information content (AvgIpc) is 3.33. The van der Waals surface area contributed by atoms with E-state index in [0.29, 0.717) is 30.3 Å². The van der Waals surface area contributed by atoms with Crippen molar-refractivity contribution in [2.75, 3.05) is 0 Å². The Morgan fingerprint density at radius 3 is 2.50 bits per heavy atom. The van der Waals surface area contributed by atoms with E-state index < -0.39 is 0 Å². The zero-order valence-corrected chi connectivity index (χ0v) is 12.3. The van der Waals surface area contributed by atoms with Gasteiger partial charge in [-0.1, -0.05) is 13.8 Å². The van der Waals surface area contributed by atoms with Crippen molar-refractivity contribution in [1.29, 1.82) is 0 Å². The third-order valence-electron chi connectivity index (χ3n) is 5.18. The molecule has 3 aliphatic rings. The SMILES string of the molecule is C[C@@H]1C[C@@H]1C(=O)N(Cc1ccc([C@H]2C[C@H]2C)o1)C1CC1. The van der Waals surface area contributed by atoms with Crippen molar-refractivity contribution < 1.29 is 9.21 Å². The van der Waals surface area contributed by atoms with Crippen LogP contribution in [0.3, 0.4) is 0 Å². The number of carbonyl (C=O) groups excluding carboxylic acids is 1. The molecule has 3 aliphatic carbocycles. The lowest BCUT2D eigenvalue weighted by Crippen LogP contribution is -2.34. The minimum atomic E-state index is 0.286. The zero-order chi connectivity index (χ0) is 13.9. The maximum absolute atomic E-state index is 12.5. The number of rotatable bonds is 5. The summed E-state index contributed by atoms with van der Waals surface area (Å²) >= 11 is 0. The number of amides is 1. The fourth-order valence-corrected chi connectivity index (χ4v) is 3.22. The van der Waals surface area contributed by atoms with Crippen LogP contribution in [0.15, 0.2) is 16.5 Å². The molecule has 4 atom stereocenters. The number of nitrogens with zero attached hydrogens (tertiary/aromatic N) is 1. The van der Waals surface area contributed by atoms with Crippen molar-refractivity contribution in [2.45, 2.75) is 58.0 Å². The van der Waals surface area contributed by atoms with Gasteiger partial charge < -0.3 is 9.32 Å². The summed E-state index contributed by atoms with van der Waals surface area (Å²) in [6, 6.07) is 4.65. The first-order chi connectivity index (χ1) is 9.63. The third-order valence-corrected chi connectivity index (χ3v) is 5.18. The Labute approximate surface area is 120 Å². The fourth-order valence-electron chi connectivity index (χ4n) is 3.22. The van der Waals surface area contributed by atoms with Gasteiger partial charge in [0.25, 0.3) is 0 Å². The maximum atomic E-state index is 12.5. The van der Waals surface area contributed by atoms with E-state index in [9.17, 15) is 4.79 Å². The van der Waals surface area contributed by atoms with E-state index in [1.165, 1.54) is 19.3 Å². The summed E-state index contributed by atoms with van der Waals surface area (Å²) in [4.78, 5) is 14.6. The van der Waals surface area contributed by atoms with E-state index in [0.717, 1.165) is 23.9 Å². The minimum absolute atomic E-state index is 0.286. The van der Waals surface area contributed by atoms with Crippen molar-refractivity contribution in [3.05, 3.63) is 23.7 Å². The van der Waals surface area contributed by atoms with Gasteiger partial charge in [0.2, 0.25) is 5.91 Å². The van der Waals surface area contributed by atoms with Crippen molar-refractivity contribution in [1.82, 2.24) is 4.90 Å². The molecular weight excluding hydrogens is 250 g/mol. The topological polar surface area (TPSA) is 33.5 Å². The van der Waals surface area contributed by atoms with Gasteiger partial charge in [-0.05, 0) is 49.7 Å². The van der Waals surface area contributed by atoms with Gasteiger partial charge in [0.1, 0.15) is 11.5 Å². The van der Waals surface area contributed by atoms with Crippen molar-refractivity contribution in [3.8, 4) is 0 Å². The molecule has 1 amide bonds. The highest BCUT2D eigenvalue weighted by Crippen LogP contribution is 2.47. The summed E-state index contributed by atoms with van der Waals surface area (Å²) in [5.41, 5.74) is 0. The molecule has 1 aromatic rings. The molecule has 1 aromatic heterocycles. The second-order valence-electron chi connectivity index (χ2n) is 7.14. The molecule has 20 heavy (non-hydrogen) atoms. The van der Waals surface area contributed by atoms with Gasteiger partial charge in [-0.25, -0.2) is 0 Å². The van der Waals surface area contributed by atoms with Crippen LogP contribution in [0.25, 0.3) is 0 Å². The molecule has 3 fully saturated rings. The summed E-state index contributed by atoms with van der Waals surface area (Å²) in [6.45, 7) is 5.11. The second kappa shape index (κ2) is 4.37. The van der Waals surface area contributed by atoms with E-state index in [-0.39, 0.29) is 5.92 Å². The molecule has 0 aromatic carbocycles. The molecule has 1 heterocycles. The molecule has 3 heteroatoms. The molecular formula is C17H23NO2. The Balaban J connectivity index is 1.45. The predicted octanol–water partition coefficient (Wildman–Crippen LogP) is 3.55. The van der Waals surface area contributed by atoms with Crippen LogP contribution in [-0.2, 0) is 11.3 Å². The lowest BCUT2D eigenvalue weighted by Gasteiger charge is -2.21. The molecule has 4 rings (SSSR count). The molecule has 108 valence electrons. The van der Waals surface area contributed by atoms with Crippen LogP contribution in [-0.4, -0.2) is 16.8 Å². The van der Waals surface area contributed by atoms with Crippen molar-refractivity contribution in [2.24, 2.45) is 17.8 Å². The lowest BCUT2D eigenvalue weighted by atomic mass is 10.2. The van der Waals surface area contributed by atoms with Crippen LogP contribution < -0.4 is 0 Å². The molecule has 0 aliphatic heterocycles. The molecule has 0 spiro atoms. The van der Waals surface area contributed by atoms with E-state index in [1.54, 1.807) is 0 Å². The van der Waals surface area contributed by atoms with E-state index >= 15 is 0 Å². The van der Waals surface area contributed by atoms with Crippen molar-refractivity contribution in [3.63, 3.8) is 0 Å².